The van der Waals surface area contributed by atoms with Gasteiger partial charge in [-0.1, -0.05) is 69.3 Å². The molecule has 1 heterocycles. The molecule has 1 saturated heterocycles. The number of aliphatic carboxylic acids is 1. The summed E-state index contributed by atoms with van der Waals surface area (Å²) in [5.74, 6) is -0.754. The summed E-state index contributed by atoms with van der Waals surface area (Å²) in [6.07, 6.45) is 1.93. The molecule has 1 aliphatic rings. The van der Waals surface area contributed by atoms with Gasteiger partial charge in [-0.15, -0.1) is 12.4 Å². The van der Waals surface area contributed by atoms with Crippen molar-refractivity contribution in [3.8, 4) is 11.1 Å². The third kappa shape index (κ3) is 6.07. The van der Waals surface area contributed by atoms with Gasteiger partial charge in [-0.2, -0.15) is 0 Å². The molecule has 0 radical (unpaired) electrons. The van der Waals surface area contributed by atoms with Crippen LogP contribution in [0.4, 0.5) is 0 Å². The van der Waals surface area contributed by atoms with Crippen LogP contribution in [0, 0.1) is 0 Å². The number of carboxylic acid groups (broad SMARTS) is 1. The van der Waals surface area contributed by atoms with E-state index in [2.05, 4.69) is 69.3 Å². The van der Waals surface area contributed by atoms with Gasteiger partial charge in [0.05, 0.1) is 12.7 Å². The SMILES string of the molecule is CC(C(=O)O)N1CCC(OCc2ccccc2-c2ccc(C(C)(C)C)cc2)CC1.Cl. The predicted octanol–water partition coefficient (Wildman–Crippen LogP) is 5.53. The normalized spacial score (nSPS) is 16.7. The second-order valence-corrected chi connectivity index (χ2v) is 9.05. The number of nitrogens with zero attached hydrogens (tertiary/aromatic N) is 1. The third-order valence-electron chi connectivity index (χ3n) is 5.94. The fourth-order valence-corrected chi connectivity index (χ4v) is 3.87. The maximum Gasteiger partial charge on any atom is 0.320 e. The molecule has 0 aliphatic carbocycles. The average Bonchev–Trinajstić information content (AvgIpc) is 2.72. The molecule has 2 aromatic rings. The van der Waals surface area contributed by atoms with Crippen LogP contribution in [0.2, 0.25) is 0 Å². The quantitative estimate of drug-likeness (QED) is 0.653. The van der Waals surface area contributed by atoms with E-state index in [1.54, 1.807) is 6.92 Å². The van der Waals surface area contributed by atoms with E-state index in [1.807, 2.05) is 4.90 Å². The molecule has 0 amide bonds. The lowest BCUT2D eigenvalue weighted by atomic mass is 9.86. The van der Waals surface area contributed by atoms with Crippen molar-refractivity contribution in [3.05, 3.63) is 59.7 Å². The number of carbonyl (C=O) groups is 1. The van der Waals surface area contributed by atoms with Crippen LogP contribution in [0.15, 0.2) is 48.5 Å². The van der Waals surface area contributed by atoms with Crippen molar-refractivity contribution in [1.82, 2.24) is 4.90 Å². The standard InChI is InChI=1S/C25H33NO3.ClH/c1-18(24(27)28)26-15-13-22(14-16-26)29-17-20-7-5-6-8-23(20)19-9-11-21(12-10-19)25(2,3)4;/h5-12,18,22H,13-17H2,1-4H3,(H,27,28);1H. The first-order valence-corrected chi connectivity index (χ1v) is 10.5. The average molecular weight is 432 g/mol. The van der Waals surface area contributed by atoms with E-state index >= 15 is 0 Å². The molecule has 2 aromatic carbocycles. The van der Waals surface area contributed by atoms with E-state index in [0.29, 0.717) is 6.61 Å². The van der Waals surface area contributed by atoms with Gasteiger partial charge in [0.15, 0.2) is 0 Å². The molecule has 1 fully saturated rings. The number of halogens is 1. The molecule has 1 atom stereocenters. The first-order chi connectivity index (χ1) is 13.8. The van der Waals surface area contributed by atoms with Gasteiger partial charge in [0.25, 0.3) is 0 Å². The van der Waals surface area contributed by atoms with Crippen molar-refractivity contribution in [2.75, 3.05) is 13.1 Å². The highest BCUT2D eigenvalue weighted by molar-refractivity contribution is 5.85. The monoisotopic (exact) mass is 431 g/mol. The Morgan fingerprint density at radius 1 is 1.10 bits per heavy atom. The molecule has 5 heteroatoms. The lowest BCUT2D eigenvalue weighted by molar-refractivity contribution is -0.143. The Kier molecular flexibility index (Phi) is 8.48. The molecular weight excluding hydrogens is 398 g/mol. The van der Waals surface area contributed by atoms with Crippen LogP contribution in [0.5, 0.6) is 0 Å². The number of hydrogen-bond acceptors (Lipinski definition) is 3. The van der Waals surface area contributed by atoms with E-state index in [9.17, 15) is 9.90 Å². The maximum absolute atomic E-state index is 11.2. The first kappa shape index (κ1) is 24.4. The zero-order valence-electron chi connectivity index (χ0n) is 18.4. The first-order valence-electron chi connectivity index (χ1n) is 10.5. The minimum atomic E-state index is -0.754. The summed E-state index contributed by atoms with van der Waals surface area (Å²) >= 11 is 0. The van der Waals surface area contributed by atoms with Gasteiger partial charge < -0.3 is 9.84 Å². The summed E-state index contributed by atoms with van der Waals surface area (Å²) in [7, 11) is 0. The van der Waals surface area contributed by atoms with Crippen molar-refractivity contribution in [2.45, 2.75) is 64.7 Å². The van der Waals surface area contributed by atoms with Gasteiger partial charge in [0.1, 0.15) is 6.04 Å². The topological polar surface area (TPSA) is 49.8 Å². The molecule has 0 spiro atoms. The van der Waals surface area contributed by atoms with Crippen LogP contribution in [-0.4, -0.2) is 41.2 Å². The number of benzene rings is 2. The van der Waals surface area contributed by atoms with E-state index in [-0.39, 0.29) is 23.9 Å². The summed E-state index contributed by atoms with van der Waals surface area (Å²) in [4.78, 5) is 13.2. The number of rotatable bonds is 6. The highest BCUT2D eigenvalue weighted by Gasteiger charge is 2.26. The third-order valence-corrected chi connectivity index (χ3v) is 5.94. The van der Waals surface area contributed by atoms with Gasteiger partial charge in [0.2, 0.25) is 0 Å². The van der Waals surface area contributed by atoms with E-state index in [0.717, 1.165) is 25.9 Å². The molecule has 0 bridgehead atoms. The summed E-state index contributed by atoms with van der Waals surface area (Å²) in [6, 6.07) is 16.8. The summed E-state index contributed by atoms with van der Waals surface area (Å²) in [6.45, 7) is 10.6. The molecular formula is C25H34ClNO3. The Hall–Kier alpha value is -1.88. The number of piperidine rings is 1. The summed E-state index contributed by atoms with van der Waals surface area (Å²) in [5.41, 5.74) is 5.09. The Morgan fingerprint density at radius 3 is 2.27 bits per heavy atom. The highest BCUT2D eigenvalue weighted by atomic mass is 35.5. The highest BCUT2D eigenvalue weighted by Crippen LogP contribution is 2.29. The molecule has 1 unspecified atom stereocenters. The number of carboxylic acids is 1. The van der Waals surface area contributed by atoms with Crippen molar-refractivity contribution in [1.29, 1.82) is 0 Å². The van der Waals surface area contributed by atoms with E-state index < -0.39 is 12.0 Å². The molecule has 1 aliphatic heterocycles. The smallest absolute Gasteiger partial charge is 0.320 e. The largest absolute Gasteiger partial charge is 0.480 e. The maximum atomic E-state index is 11.2. The molecule has 164 valence electrons. The Bertz CT molecular complexity index is 821. The minimum absolute atomic E-state index is 0. The van der Waals surface area contributed by atoms with Crippen LogP contribution < -0.4 is 0 Å². The fraction of sp³-hybridized carbons (Fsp3) is 0.480. The zero-order valence-corrected chi connectivity index (χ0v) is 19.2. The number of hydrogen-bond donors (Lipinski definition) is 1. The summed E-state index contributed by atoms with van der Waals surface area (Å²) in [5, 5.41) is 9.18. The fourth-order valence-electron chi connectivity index (χ4n) is 3.87. The van der Waals surface area contributed by atoms with Crippen molar-refractivity contribution < 1.29 is 14.6 Å². The van der Waals surface area contributed by atoms with E-state index in [1.165, 1.54) is 22.3 Å². The zero-order chi connectivity index (χ0) is 21.0. The van der Waals surface area contributed by atoms with Gasteiger partial charge in [-0.05, 0) is 47.4 Å². The Morgan fingerprint density at radius 2 is 1.70 bits per heavy atom. The van der Waals surface area contributed by atoms with Crippen LogP contribution in [0.25, 0.3) is 11.1 Å². The van der Waals surface area contributed by atoms with E-state index in [4.69, 9.17) is 4.74 Å². The lowest BCUT2D eigenvalue weighted by Crippen LogP contribution is -2.45. The molecule has 3 rings (SSSR count). The predicted molar refractivity (Wildman–Crippen MR) is 124 cm³/mol. The number of ether oxygens (including phenoxy) is 1. The van der Waals surface area contributed by atoms with Crippen molar-refractivity contribution in [3.63, 3.8) is 0 Å². The Balaban J connectivity index is 0.00000320. The molecule has 30 heavy (non-hydrogen) atoms. The second kappa shape index (κ2) is 10.4. The minimum Gasteiger partial charge on any atom is -0.480 e. The van der Waals surface area contributed by atoms with Crippen LogP contribution >= 0.6 is 12.4 Å². The van der Waals surface area contributed by atoms with Crippen molar-refractivity contribution in [2.24, 2.45) is 0 Å². The van der Waals surface area contributed by atoms with Gasteiger partial charge >= 0.3 is 5.97 Å². The van der Waals surface area contributed by atoms with Gasteiger partial charge in [-0.3, -0.25) is 9.69 Å². The Labute approximate surface area is 186 Å². The molecule has 1 N–H and O–H groups in total. The second-order valence-electron chi connectivity index (χ2n) is 9.05. The van der Waals surface area contributed by atoms with Crippen LogP contribution in [-0.2, 0) is 21.6 Å². The lowest BCUT2D eigenvalue weighted by Gasteiger charge is -2.34. The van der Waals surface area contributed by atoms with Gasteiger partial charge in [0, 0.05) is 13.1 Å². The molecule has 4 nitrogen and oxygen atoms in total. The molecule has 0 saturated carbocycles. The van der Waals surface area contributed by atoms with Crippen LogP contribution in [0.1, 0.15) is 51.7 Å². The van der Waals surface area contributed by atoms with Gasteiger partial charge in [-0.25, -0.2) is 0 Å². The van der Waals surface area contributed by atoms with Crippen molar-refractivity contribution >= 4 is 18.4 Å². The number of likely N-dealkylation sites (tertiary alicyclic amines) is 1. The molecule has 0 aromatic heterocycles. The van der Waals surface area contributed by atoms with Crippen LogP contribution in [0.3, 0.4) is 0 Å². The summed E-state index contributed by atoms with van der Waals surface area (Å²) < 4.78 is 6.22.